The minimum atomic E-state index is -4.96. The predicted molar refractivity (Wildman–Crippen MR) is 158 cm³/mol. The number of aliphatic hydroxyl groups excluding tert-OH is 1. The van der Waals surface area contributed by atoms with Gasteiger partial charge in [0.1, 0.15) is 29.2 Å². The molecular formula is C29H29ClF4N2O7S. The van der Waals surface area contributed by atoms with Crippen LogP contribution in [-0.2, 0) is 19.6 Å². The second kappa shape index (κ2) is 14.3. The van der Waals surface area contributed by atoms with Crippen molar-refractivity contribution in [2.75, 3.05) is 17.5 Å². The quantitative estimate of drug-likeness (QED) is 0.0915. The summed E-state index contributed by atoms with van der Waals surface area (Å²) in [5.41, 5.74) is -0.993. The third-order valence-corrected chi connectivity index (χ3v) is 8.32. The lowest BCUT2D eigenvalue weighted by atomic mass is 10.1. The molecule has 0 unspecified atom stereocenters. The van der Waals surface area contributed by atoms with E-state index in [-0.39, 0.29) is 34.9 Å². The second-order valence-corrected chi connectivity index (χ2v) is 12.0. The molecule has 1 aliphatic rings. The lowest BCUT2D eigenvalue weighted by molar-refractivity contribution is -0.137. The van der Waals surface area contributed by atoms with Crippen LogP contribution in [0.1, 0.15) is 37.8 Å². The van der Waals surface area contributed by atoms with Crippen LogP contribution >= 0.6 is 11.6 Å². The molecule has 1 heterocycles. The number of benzene rings is 2. The van der Waals surface area contributed by atoms with Crippen molar-refractivity contribution in [3.05, 3.63) is 80.8 Å². The van der Waals surface area contributed by atoms with Gasteiger partial charge in [0, 0.05) is 17.6 Å². The van der Waals surface area contributed by atoms with Crippen molar-refractivity contribution < 1.29 is 50.5 Å². The Morgan fingerprint density at radius 2 is 2.00 bits per heavy atom. The highest BCUT2D eigenvalue weighted by atomic mass is 35.5. The van der Waals surface area contributed by atoms with Gasteiger partial charge in [-0.15, -0.1) is 0 Å². The summed E-state index contributed by atoms with van der Waals surface area (Å²) in [5.74, 6) is -2.58. The predicted octanol–water partition coefficient (Wildman–Crippen LogP) is 6.19. The Bertz CT molecular complexity index is 1580. The van der Waals surface area contributed by atoms with Crippen LogP contribution in [0.5, 0.6) is 5.75 Å². The number of fused-ring (bicyclic) bond motifs is 1. The SMILES string of the molecule is C=N/C(OC[C@@H](C)O)=C(\C=C(/C)C(F)(F)F)S(=O)(=O)N1C[C@H](CCC(=O)O)Oc2ccc(/C=C/c3c(F)cccc3Cl)cc21. The number of allylic oxidation sites excluding steroid dienone is 2. The average Bonchev–Trinajstić information content (AvgIpc) is 2.94. The lowest BCUT2D eigenvalue weighted by Gasteiger charge is -2.36. The largest absolute Gasteiger partial charge is 0.486 e. The topological polar surface area (TPSA) is 126 Å². The first-order chi connectivity index (χ1) is 20.5. The number of anilines is 1. The summed E-state index contributed by atoms with van der Waals surface area (Å²) in [6.45, 7) is 4.19. The van der Waals surface area contributed by atoms with E-state index in [1.165, 1.54) is 55.5 Å². The highest BCUT2D eigenvalue weighted by Gasteiger charge is 2.39. The Morgan fingerprint density at radius 1 is 1.30 bits per heavy atom. The molecule has 44 heavy (non-hydrogen) atoms. The number of aliphatic hydroxyl groups is 1. The number of sulfonamides is 1. The van der Waals surface area contributed by atoms with Crippen LogP contribution in [0.15, 0.2) is 63.8 Å². The summed E-state index contributed by atoms with van der Waals surface area (Å²) in [6, 6.07) is 8.36. The zero-order valence-corrected chi connectivity index (χ0v) is 25.1. The van der Waals surface area contributed by atoms with Crippen LogP contribution in [0.2, 0.25) is 5.02 Å². The van der Waals surface area contributed by atoms with E-state index in [0.29, 0.717) is 18.6 Å². The van der Waals surface area contributed by atoms with Gasteiger partial charge in [0.05, 0.1) is 23.4 Å². The van der Waals surface area contributed by atoms with Crippen molar-refractivity contribution in [3.8, 4) is 5.75 Å². The molecule has 0 amide bonds. The third-order valence-electron chi connectivity index (χ3n) is 6.22. The molecule has 2 aromatic carbocycles. The lowest BCUT2D eigenvalue weighted by Crippen LogP contribution is -2.44. The molecular weight excluding hydrogens is 632 g/mol. The van der Waals surface area contributed by atoms with Crippen LogP contribution in [0.3, 0.4) is 0 Å². The van der Waals surface area contributed by atoms with Crippen molar-refractivity contribution >= 4 is 52.2 Å². The number of nitrogens with zero attached hydrogens (tertiary/aromatic N) is 2. The fourth-order valence-corrected chi connectivity index (χ4v) is 5.88. The minimum absolute atomic E-state index is 0.00910. The molecule has 0 saturated heterocycles. The number of ether oxygens (including phenoxy) is 2. The Kier molecular flexibility index (Phi) is 11.2. The molecule has 2 aromatic rings. The summed E-state index contributed by atoms with van der Waals surface area (Å²) in [5, 5.41) is 18.9. The van der Waals surface area contributed by atoms with Gasteiger partial charge in [-0.1, -0.05) is 29.8 Å². The van der Waals surface area contributed by atoms with E-state index >= 15 is 0 Å². The maximum atomic E-state index is 14.3. The number of carbonyl (C=O) groups is 1. The number of carboxylic acid groups (broad SMARTS) is 1. The number of hydrogen-bond acceptors (Lipinski definition) is 7. The first kappa shape index (κ1) is 34.6. The third kappa shape index (κ3) is 8.61. The number of aliphatic imine (C=N–C) groups is 1. The number of aliphatic carboxylic acids is 1. The molecule has 3 rings (SSSR count). The van der Waals surface area contributed by atoms with Crippen LogP contribution < -0.4 is 9.04 Å². The zero-order valence-electron chi connectivity index (χ0n) is 23.5. The summed E-state index contributed by atoms with van der Waals surface area (Å²) >= 11 is 6.09. The number of hydrogen-bond donors (Lipinski definition) is 2. The monoisotopic (exact) mass is 660 g/mol. The van der Waals surface area contributed by atoms with E-state index in [9.17, 15) is 35.9 Å². The zero-order chi connectivity index (χ0) is 32.8. The maximum Gasteiger partial charge on any atom is 0.412 e. The van der Waals surface area contributed by atoms with Gasteiger partial charge in [0.25, 0.3) is 10.0 Å². The number of halogens is 5. The van der Waals surface area contributed by atoms with Gasteiger partial charge in [-0.05, 0) is 69.0 Å². The van der Waals surface area contributed by atoms with Crippen molar-refractivity contribution in [3.63, 3.8) is 0 Å². The fourth-order valence-electron chi connectivity index (χ4n) is 3.98. The molecule has 0 fully saturated rings. The molecule has 0 spiro atoms. The Hall–Kier alpha value is -3.88. The number of alkyl halides is 3. The second-order valence-electron chi connectivity index (χ2n) is 9.72. The number of carboxylic acids is 1. The average molecular weight is 661 g/mol. The van der Waals surface area contributed by atoms with Gasteiger partial charge >= 0.3 is 12.1 Å². The summed E-state index contributed by atoms with van der Waals surface area (Å²) in [7, 11) is -4.96. The number of rotatable bonds is 12. The molecule has 0 radical (unpaired) electrons. The molecule has 0 saturated carbocycles. The Morgan fingerprint density at radius 3 is 2.59 bits per heavy atom. The van der Waals surface area contributed by atoms with E-state index in [1.807, 2.05) is 0 Å². The van der Waals surface area contributed by atoms with Gasteiger partial charge in [0.15, 0.2) is 0 Å². The molecule has 2 atom stereocenters. The van der Waals surface area contributed by atoms with E-state index < -0.39 is 69.7 Å². The van der Waals surface area contributed by atoms with E-state index in [1.54, 1.807) is 0 Å². The molecule has 9 nitrogen and oxygen atoms in total. The first-order valence-electron chi connectivity index (χ1n) is 13.0. The van der Waals surface area contributed by atoms with Crippen molar-refractivity contribution in [1.29, 1.82) is 0 Å². The van der Waals surface area contributed by atoms with Gasteiger partial charge in [-0.25, -0.2) is 17.8 Å². The van der Waals surface area contributed by atoms with Crippen LogP contribution in [-0.4, -0.2) is 62.9 Å². The van der Waals surface area contributed by atoms with Crippen LogP contribution in [0, 0.1) is 5.82 Å². The van der Waals surface area contributed by atoms with Gasteiger partial charge in [-0.2, -0.15) is 13.2 Å². The summed E-state index contributed by atoms with van der Waals surface area (Å²) in [4.78, 5) is 13.7. The molecule has 0 aliphatic carbocycles. The van der Waals surface area contributed by atoms with E-state index in [4.69, 9.17) is 26.2 Å². The fraction of sp³-hybridized carbons (Fsp3) is 0.310. The minimum Gasteiger partial charge on any atom is -0.486 e. The molecule has 2 N–H and O–H groups in total. The van der Waals surface area contributed by atoms with Gasteiger partial charge < -0.3 is 19.7 Å². The van der Waals surface area contributed by atoms with Gasteiger partial charge in [0.2, 0.25) is 5.88 Å². The molecule has 15 heteroatoms. The maximum absolute atomic E-state index is 14.3. The highest BCUT2D eigenvalue weighted by molar-refractivity contribution is 7.96. The molecule has 1 aliphatic heterocycles. The van der Waals surface area contributed by atoms with Crippen molar-refractivity contribution in [1.82, 2.24) is 0 Å². The van der Waals surface area contributed by atoms with Crippen molar-refractivity contribution in [2.45, 2.75) is 45.1 Å². The molecule has 238 valence electrons. The molecule has 0 bridgehead atoms. The van der Waals surface area contributed by atoms with Gasteiger partial charge in [-0.3, -0.25) is 9.10 Å². The normalized spacial score (nSPS) is 17.0. The summed E-state index contributed by atoms with van der Waals surface area (Å²) in [6.07, 6.45) is -4.42. The van der Waals surface area contributed by atoms with Crippen LogP contribution in [0.4, 0.5) is 23.2 Å². The smallest absolute Gasteiger partial charge is 0.412 e. The Labute approximate surface area is 256 Å². The highest BCUT2D eigenvalue weighted by Crippen LogP contribution is 2.40. The van der Waals surface area contributed by atoms with Crippen LogP contribution in [0.25, 0.3) is 12.2 Å². The Balaban J connectivity index is 2.21. The van der Waals surface area contributed by atoms with Crippen molar-refractivity contribution in [2.24, 2.45) is 4.99 Å². The van der Waals surface area contributed by atoms with E-state index in [0.717, 1.165) is 4.31 Å². The summed E-state index contributed by atoms with van der Waals surface area (Å²) < 4.78 is 95.3. The molecule has 0 aromatic heterocycles. The standard InChI is InChI=1S/C29H29ClF4N2O7S/c1-17(29(32,33)34)13-26(28(35-3)42-16-18(2)37)44(40,41)36-15-20(9-12-27(38)39)43-25-11-8-19(14-24(25)36)7-10-21-22(30)5-4-6-23(21)31/h4-8,10-11,13-14,18,20,37H,3,9,12,15-16H2,1-2H3,(H,38,39)/b10-7+,17-13+,28-26-/t18-,20+/m1/s1. The first-order valence-corrected chi connectivity index (χ1v) is 14.8. The van der Waals surface area contributed by atoms with E-state index in [2.05, 4.69) is 11.7 Å².